The SMILES string of the molecule is COc1ccc(-n2c(N)c(C#N)sc2=S)cc1. The van der Waals surface area contributed by atoms with Crippen molar-refractivity contribution in [3.05, 3.63) is 33.1 Å². The summed E-state index contributed by atoms with van der Waals surface area (Å²) in [5.74, 6) is 1.14. The van der Waals surface area contributed by atoms with Gasteiger partial charge in [-0.15, -0.1) is 0 Å². The molecule has 0 radical (unpaired) electrons. The molecule has 0 bridgehead atoms. The number of ether oxygens (including phenoxy) is 1. The molecular weight excluding hydrogens is 254 g/mol. The van der Waals surface area contributed by atoms with Crippen molar-refractivity contribution in [2.24, 2.45) is 0 Å². The molecule has 0 aliphatic heterocycles. The second-order valence-electron chi connectivity index (χ2n) is 3.23. The molecule has 1 aromatic heterocycles. The Morgan fingerprint density at radius 1 is 1.41 bits per heavy atom. The van der Waals surface area contributed by atoms with Crippen molar-refractivity contribution in [3.63, 3.8) is 0 Å². The first-order valence-electron chi connectivity index (χ1n) is 4.73. The normalized spacial score (nSPS) is 9.88. The Hall–Kier alpha value is -1.84. The quantitative estimate of drug-likeness (QED) is 0.846. The molecule has 2 rings (SSSR count). The minimum atomic E-state index is 0.382. The summed E-state index contributed by atoms with van der Waals surface area (Å²) in [6, 6.07) is 9.36. The van der Waals surface area contributed by atoms with E-state index in [0.29, 0.717) is 14.6 Å². The van der Waals surface area contributed by atoms with Crippen LogP contribution in [0.15, 0.2) is 24.3 Å². The van der Waals surface area contributed by atoms with E-state index in [4.69, 9.17) is 28.0 Å². The van der Waals surface area contributed by atoms with Crippen LogP contribution in [0.4, 0.5) is 5.82 Å². The number of hydrogen-bond donors (Lipinski definition) is 1. The largest absolute Gasteiger partial charge is 0.497 e. The summed E-state index contributed by atoms with van der Waals surface area (Å²) in [5, 5.41) is 8.89. The Bertz CT molecular complexity index is 634. The van der Waals surface area contributed by atoms with E-state index in [1.54, 1.807) is 11.7 Å². The molecule has 0 saturated carbocycles. The van der Waals surface area contributed by atoms with Gasteiger partial charge in [0.15, 0.2) is 3.95 Å². The average Bonchev–Trinajstić information content (AvgIpc) is 2.64. The number of nitriles is 1. The van der Waals surface area contributed by atoms with Gasteiger partial charge in [0.05, 0.1) is 7.11 Å². The number of thiazole rings is 1. The van der Waals surface area contributed by atoms with Gasteiger partial charge >= 0.3 is 0 Å². The van der Waals surface area contributed by atoms with Crippen LogP contribution in [-0.2, 0) is 0 Å². The minimum absolute atomic E-state index is 0.382. The van der Waals surface area contributed by atoms with E-state index < -0.39 is 0 Å². The molecule has 2 N–H and O–H groups in total. The number of rotatable bonds is 2. The minimum Gasteiger partial charge on any atom is -0.497 e. The molecule has 0 amide bonds. The Morgan fingerprint density at radius 2 is 2.06 bits per heavy atom. The van der Waals surface area contributed by atoms with Gasteiger partial charge in [-0.1, -0.05) is 11.3 Å². The Morgan fingerprint density at radius 3 is 2.53 bits per heavy atom. The molecule has 0 spiro atoms. The lowest BCUT2D eigenvalue weighted by atomic mass is 10.3. The summed E-state index contributed by atoms with van der Waals surface area (Å²) in [7, 11) is 1.60. The zero-order chi connectivity index (χ0) is 12.4. The fourth-order valence-corrected chi connectivity index (χ4v) is 2.61. The first-order valence-corrected chi connectivity index (χ1v) is 5.95. The van der Waals surface area contributed by atoms with Crippen molar-refractivity contribution in [1.82, 2.24) is 4.57 Å². The summed E-state index contributed by atoms with van der Waals surface area (Å²) in [4.78, 5) is 0.436. The van der Waals surface area contributed by atoms with Gasteiger partial charge in [0, 0.05) is 5.69 Å². The second-order valence-corrected chi connectivity index (χ2v) is 4.87. The highest BCUT2D eigenvalue weighted by Gasteiger charge is 2.10. The highest BCUT2D eigenvalue weighted by Crippen LogP contribution is 2.26. The predicted molar refractivity (Wildman–Crippen MR) is 70.2 cm³/mol. The van der Waals surface area contributed by atoms with Crippen molar-refractivity contribution in [2.45, 2.75) is 0 Å². The first kappa shape index (κ1) is 11.6. The van der Waals surface area contributed by atoms with Crippen LogP contribution in [-0.4, -0.2) is 11.7 Å². The monoisotopic (exact) mass is 263 g/mol. The van der Waals surface area contributed by atoms with Crippen molar-refractivity contribution in [3.8, 4) is 17.5 Å². The van der Waals surface area contributed by atoms with Crippen LogP contribution in [0, 0.1) is 15.3 Å². The summed E-state index contributed by atoms with van der Waals surface area (Å²) < 4.78 is 7.31. The number of hydrogen-bond acceptors (Lipinski definition) is 5. The van der Waals surface area contributed by atoms with Crippen molar-refractivity contribution in [1.29, 1.82) is 5.26 Å². The maximum absolute atomic E-state index is 8.89. The van der Waals surface area contributed by atoms with Gasteiger partial charge in [-0.25, -0.2) is 0 Å². The Labute approximate surface area is 107 Å². The number of anilines is 1. The molecule has 0 aliphatic carbocycles. The number of nitrogens with zero attached hydrogens (tertiary/aromatic N) is 2. The van der Waals surface area contributed by atoms with Crippen LogP contribution in [0.1, 0.15) is 4.88 Å². The molecule has 1 aromatic carbocycles. The van der Waals surface area contributed by atoms with E-state index >= 15 is 0 Å². The predicted octanol–water partition coefficient (Wildman–Crippen LogP) is 2.73. The maximum Gasteiger partial charge on any atom is 0.168 e. The lowest BCUT2D eigenvalue weighted by molar-refractivity contribution is 0.415. The summed E-state index contributed by atoms with van der Waals surface area (Å²) in [6.45, 7) is 0. The lowest BCUT2D eigenvalue weighted by Gasteiger charge is -2.06. The van der Waals surface area contributed by atoms with E-state index in [9.17, 15) is 0 Å². The molecule has 17 heavy (non-hydrogen) atoms. The molecule has 86 valence electrons. The van der Waals surface area contributed by atoms with Gasteiger partial charge in [0.25, 0.3) is 0 Å². The highest BCUT2D eigenvalue weighted by atomic mass is 32.1. The molecule has 0 fully saturated rings. The number of aromatic nitrogens is 1. The standard InChI is InChI=1S/C11H9N3OS2/c1-15-8-4-2-7(3-5-8)14-10(13)9(6-12)17-11(14)16/h2-5H,13H2,1H3. The van der Waals surface area contributed by atoms with Gasteiger partial charge in [0.1, 0.15) is 22.5 Å². The number of benzene rings is 1. The zero-order valence-electron chi connectivity index (χ0n) is 9.01. The molecule has 1 heterocycles. The molecule has 0 atom stereocenters. The second kappa shape index (κ2) is 4.57. The van der Waals surface area contributed by atoms with Gasteiger partial charge in [-0.05, 0) is 36.5 Å². The van der Waals surface area contributed by atoms with Crippen LogP contribution in [0.5, 0.6) is 5.75 Å². The molecule has 6 heteroatoms. The van der Waals surface area contributed by atoms with Crippen LogP contribution in [0.25, 0.3) is 5.69 Å². The van der Waals surface area contributed by atoms with Gasteiger partial charge in [-0.2, -0.15) is 5.26 Å². The van der Waals surface area contributed by atoms with Crippen LogP contribution >= 0.6 is 23.6 Å². The lowest BCUT2D eigenvalue weighted by Crippen LogP contribution is -2.00. The fraction of sp³-hybridized carbons (Fsp3) is 0.0909. The number of nitrogens with two attached hydrogens (primary N) is 1. The molecule has 4 nitrogen and oxygen atoms in total. The summed E-state index contributed by atoms with van der Waals surface area (Å²) >= 11 is 6.40. The third-order valence-corrected chi connectivity index (χ3v) is 3.57. The first-order chi connectivity index (χ1) is 8.17. The fourth-order valence-electron chi connectivity index (χ4n) is 1.44. The van der Waals surface area contributed by atoms with Crippen LogP contribution in [0.3, 0.4) is 0 Å². The molecule has 0 aliphatic rings. The van der Waals surface area contributed by atoms with Crippen molar-refractivity contribution in [2.75, 3.05) is 12.8 Å². The van der Waals surface area contributed by atoms with Gasteiger partial charge in [0.2, 0.25) is 0 Å². The Balaban J connectivity index is 2.57. The third kappa shape index (κ3) is 2.02. The summed E-state index contributed by atoms with van der Waals surface area (Å²) in [6.07, 6.45) is 0. The van der Waals surface area contributed by atoms with Crippen molar-refractivity contribution < 1.29 is 4.74 Å². The smallest absolute Gasteiger partial charge is 0.168 e. The van der Waals surface area contributed by atoms with Crippen LogP contribution in [0.2, 0.25) is 0 Å². The molecule has 0 saturated heterocycles. The van der Waals surface area contributed by atoms with E-state index in [1.807, 2.05) is 30.3 Å². The van der Waals surface area contributed by atoms with Gasteiger partial charge in [-0.3, -0.25) is 4.57 Å². The van der Waals surface area contributed by atoms with Gasteiger partial charge < -0.3 is 10.5 Å². The molecular formula is C11H9N3OS2. The number of nitrogen functional groups attached to an aromatic ring is 1. The van der Waals surface area contributed by atoms with Crippen LogP contribution < -0.4 is 10.5 Å². The van der Waals surface area contributed by atoms with E-state index in [-0.39, 0.29) is 0 Å². The maximum atomic E-state index is 8.89. The molecule has 0 unspecified atom stereocenters. The topological polar surface area (TPSA) is 64.0 Å². The number of methoxy groups -OCH3 is 1. The van der Waals surface area contributed by atoms with Crippen molar-refractivity contribution >= 4 is 29.4 Å². The summed E-state index contributed by atoms with van der Waals surface area (Å²) in [5.41, 5.74) is 6.70. The van der Waals surface area contributed by atoms with E-state index in [2.05, 4.69) is 0 Å². The highest BCUT2D eigenvalue weighted by molar-refractivity contribution is 7.73. The van der Waals surface area contributed by atoms with E-state index in [0.717, 1.165) is 11.4 Å². The zero-order valence-corrected chi connectivity index (χ0v) is 10.6. The van der Waals surface area contributed by atoms with E-state index in [1.165, 1.54) is 11.3 Å². The Kier molecular flexibility index (Phi) is 3.13. The third-order valence-electron chi connectivity index (χ3n) is 2.28. The average molecular weight is 263 g/mol. The molecule has 2 aromatic rings.